The molecule has 0 amide bonds. The molecule has 0 saturated heterocycles. The molecular weight excluding hydrogens is 265 g/mol. The van der Waals surface area contributed by atoms with Gasteiger partial charge < -0.3 is 5.73 Å². The average molecular weight is 286 g/mol. The molecule has 1 saturated carbocycles. The maximum Gasteiger partial charge on any atom is 0.0454 e. The number of benzene rings is 1. The smallest absolute Gasteiger partial charge is 0.0454 e. The minimum Gasteiger partial charge on any atom is -0.324 e. The Hall–Kier alpha value is -0.240. The summed E-state index contributed by atoms with van der Waals surface area (Å²) >= 11 is 12.2. The van der Waals surface area contributed by atoms with Crippen LogP contribution in [0.5, 0.6) is 0 Å². The first-order valence-electron chi connectivity index (χ1n) is 6.87. The molecule has 1 aliphatic carbocycles. The van der Waals surface area contributed by atoms with Gasteiger partial charge >= 0.3 is 0 Å². The zero-order chi connectivity index (χ0) is 13.0. The summed E-state index contributed by atoms with van der Waals surface area (Å²) in [5.41, 5.74) is 7.30. The minimum atomic E-state index is 0.0132. The van der Waals surface area contributed by atoms with Crippen LogP contribution in [0.15, 0.2) is 18.2 Å². The lowest BCUT2D eigenvalue weighted by Crippen LogP contribution is -2.16. The second-order valence-corrected chi connectivity index (χ2v) is 6.21. The van der Waals surface area contributed by atoms with E-state index in [0.717, 1.165) is 22.9 Å². The van der Waals surface area contributed by atoms with Crippen LogP contribution < -0.4 is 5.73 Å². The van der Waals surface area contributed by atoms with Crippen LogP contribution >= 0.6 is 23.2 Å². The highest BCUT2D eigenvalue weighted by Crippen LogP contribution is 2.33. The molecule has 0 aliphatic heterocycles. The van der Waals surface area contributed by atoms with Crippen LogP contribution in [0.25, 0.3) is 0 Å². The second kappa shape index (κ2) is 6.79. The third kappa shape index (κ3) is 3.88. The molecule has 1 unspecified atom stereocenters. The van der Waals surface area contributed by atoms with Gasteiger partial charge in [0.05, 0.1) is 0 Å². The van der Waals surface area contributed by atoms with E-state index in [-0.39, 0.29) is 6.04 Å². The lowest BCUT2D eigenvalue weighted by molar-refractivity contribution is 0.393. The fourth-order valence-electron chi connectivity index (χ4n) is 2.88. The molecule has 1 nitrogen and oxygen atoms in total. The van der Waals surface area contributed by atoms with Crippen LogP contribution in [-0.2, 0) is 0 Å². The normalized spacial score (nSPS) is 19.5. The predicted octanol–water partition coefficient (Wildman–Crippen LogP) is 5.35. The van der Waals surface area contributed by atoms with E-state index in [1.165, 1.54) is 38.5 Å². The lowest BCUT2D eigenvalue weighted by atomic mass is 9.90. The summed E-state index contributed by atoms with van der Waals surface area (Å²) in [5, 5.41) is 1.45. The second-order valence-electron chi connectivity index (χ2n) is 5.37. The van der Waals surface area contributed by atoms with Gasteiger partial charge in [0.1, 0.15) is 0 Å². The minimum absolute atomic E-state index is 0.0132. The molecule has 1 aromatic rings. The fraction of sp³-hybridized carbons (Fsp3) is 0.600. The topological polar surface area (TPSA) is 26.0 Å². The molecule has 1 atom stereocenters. The van der Waals surface area contributed by atoms with Crippen molar-refractivity contribution < 1.29 is 0 Å². The summed E-state index contributed by atoms with van der Waals surface area (Å²) in [5.74, 6) is 0.748. The molecule has 0 radical (unpaired) electrons. The van der Waals surface area contributed by atoms with Gasteiger partial charge in [-0.05, 0) is 36.1 Å². The summed E-state index contributed by atoms with van der Waals surface area (Å²) < 4.78 is 0. The Balaban J connectivity index is 2.01. The number of rotatable bonds is 3. The molecule has 2 rings (SSSR count). The van der Waals surface area contributed by atoms with Gasteiger partial charge in [0.2, 0.25) is 0 Å². The monoisotopic (exact) mass is 285 g/mol. The first-order valence-corrected chi connectivity index (χ1v) is 7.63. The molecule has 1 fully saturated rings. The SMILES string of the molecule is NC(CC1CCCCCC1)c1cc(Cl)ccc1Cl. The van der Waals surface area contributed by atoms with Crippen LogP contribution in [0.2, 0.25) is 10.0 Å². The molecule has 0 spiro atoms. The van der Waals surface area contributed by atoms with Crippen molar-refractivity contribution in [2.45, 2.75) is 51.0 Å². The first kappa shape index (κ1) is 14.2. The summed E-state index contributed by atoms with van der Waals surface area (Å²) in [6.45, 7) is 0. The van der Waals surface area contributed by atoms with Gasteiger partial charge in [0.15, 0.2) is 0 Å². The third-order valence-electron chi connectivity index (χ3n) is 3.92. The fourth-order valence-corrected chi connectivity index (χ4v) is 3.32. The highest BCUT2D eigenvalue weighted by molar-refractivity contribution is 6.33. The molecule has 0 bridgehead atoms. The van der Waals surface area contributed by atoms with Crippen LogP contribution in [0, 0.1) is 5.92 Å². The van der Waals surface area contributed by atoms with Gasteiger partial charge in [-0.1, -0.05) is 61.7 Å². The van der Waals surface area contributed by atoms with Crippen molar-refractivity contribution in [1.82, 2.24) is 0 Å². The van der Waals surface area contributed by atoms with Gasteiger partial charge in [0.25, 0.3) is 0 Å². The van der Waals surface area contributed by atoms with Crippen LogP contribution in [-0.4, -0.2) is 0 Å². The highest BCUT2D eigenvalue weighted by atomic mass is 35.5. The van der Waals surface area contributed by atoms with Crippen molar-refractivity contribution in [3.63, 3.8) is 0 Å². The Bertz CT molecular complexity index is 384. The van der Waals surface area contributed by atoms with E-state index in [0.29, 0.717) is 5.02 Å². The van der Waals surface area contributed by atoms with Gasteiger partial charge in [0, 0.05) is 16.1 Å². The van der Waals surface area contributed by atoms with Crippen molar-refractivity contribution in [2.75, 3.05) is 0 Å². The largest absolute Gasteiger partial charge is 0.324 e. The predicted molar refractivity (Wildman–Crippen MR) is 79.2 cm³/mol. The zero-order valence-electron chi connectivity index (χ0n) is 10.7. The van der Waals surface area contributed by atoms with E-state index in [1.54, 1.807) is 0 Å². The number of nitrogens with two attached hydrogens (primary N) is 1. The molecular formula is C15H21Cl2N. The highest BCUT2D eigenvalue weighted by Gasteiger charge is 2.18. The molecule has 3 heteroatoms. The number of hydrogen-bond acceptors (Lipinski definition) is 1. The number of hydrogen-bond donors (Lipinski definition) is 1. The molecule has 0 heterocycles. The molecule has 100 valence electrons. The summed E-state index contributed by atoms with van der Waals surface area (Å²) in [6, 6.07) is 5.57. The van der Waals surface area contributed by atoms with Gasteiger partial charge in [-0.15, -0.1) is 0 Å². The Kier molecular flexibility index (Phi) is 5.35. The Labute approximate surface area is 120 Å². The zero-order valence-corrected chi connectivity index (χ0v) is 12.2. The Morgan fingerprint density at radius 2 is 1.78 bits per heavy atom. The summed E-state index contributed by atoms with van der Waals surface area (Å²) in [6.07, 6.45) is 9.10. The van der Waals surface area contributed by atoms with E-state index in [9.17, 15) is 0 Å². The van der Waals surface area contributed by atoms with Crippen molar-refractivity contribution in [3.8, 4) is 0 Å². The maximum absolute atomic E-state index is 6.30. The molecule has 1 aliphatic rings. The van der Waals surface area contributed by atoms with Crippen LogP contribution in [0.1, 0.15) is 56.6 Å². The summed E-state index contributed by atoms with van der Waals surface area (Å²) in [7, 11) is 0. The molecule has 0 aromatic heterocycles. The van der Waals surface area contributed by atoms with E-state index in [4.69, 9.17) is 28.9 Å². The average Bonchev–Trinajstić information content (AvgIpc) is 2.61. The van der Waals surface area contributed by atoms with Crippen molar-refractivity contribution in [1.29, 1.82) is 0 Å². The molecule has 1 aromatic carbocycles. The standard InChI is InChI=1S/C15H21Cl2N/c16-12-7-8-14(17)13(10-12)15(18)9-11-5-3-1-2-4-6-11/h7-8,10-11,15H,1-6,9,18H2. The van der Waals surface area contributed by atoms with E-state index in [2.05, 4.69) is 0 Å². The maximum atomic E-state index is 6.30. The van der Waals surface area contributed by atoms with Gasteiger partial charge in [-0.2, -0.15) is 0 Å². The Morgan fingerprint density at radius 3 is 2.44 bits per heavy atom. The van der Waals surface area contributed by atoms with Gasteiger partial charge in [-0.3, -0.25) is 0 Å². The quantitative estimate of drug-likeness (QED) is 0.744. The first-order chi connectivity index (χ1) is 8.66. The van der Waals surface area contributed by atoms with E-state index >= 15 is 0 Å². The van der Waals surface area contributed by atoms with Crippen LogP contribution in [0.4, 0.5) is 0 Å². The van der Waals surface area contributed by atoms with Gasteiger partial charge in [-0.25, -0.2) is 0 Å². The third-order valence-corrected chi connectivity index (χ3v) is 4.50. The molecule has 2 N–H and O–H groups in total. The Morgan fingerprint density at radius 1 is 1.11 bits per heavy atom. The van der Waals surface area contributed by atoms with Crippen molar-refractivity contribution in [2.24, 2.45) is 11.7 Å². The number of halogens is 2. The van der Waals surface area contributed by atoms with E-state index < -0.39 is 0 Å². The lowest BCUT2D eigenvalue weighted by Gasteiger charge is -2.20. The van der Waals surface area contributed by atoms with Crippen LogP contribution in [0.3, 0.4) is 0 Å². The van der Waals surface area contributed by atoms with E-state index in [1.807, 2.05) is 18.2 Å². The van der Waals surface area contributed by atoms with Crippen molar-refractivity contribution in [3.05, 3.63) is 33.8 Å². The van der Waals surface area contributed by atoms with Crippen molar-refractivity contribution >= 4 is 23.2 Å². The molecule has 18 heavy (non-hydrogen) atoms. The summed E-state index contributed by atoms with van der Waals surface area (Å²) in [4.78, 5) is 0.